The average Bonchev–Trinajstić information content (AvgIpc) is 2.92. The van der Waals surface area contributed by atoms with Crippen molar-refractivity contribution in [2.45, 2.75) is 64.5 Å². The SMILES string of the molecule is CCCNc1ncnc(NC2CCCC2OC)c1C(C)C. The molecule has 0 amide bonds. The molecule has 0 radical (unpaired) electrons. The van der Waals surface area contributed by atoms with Crippen molar-refractivity contribution in [2.24, 2.45) is 0 Å². The van der Waals surface area contributed by atoms with Gasteiger partial charge in [0.05, 0.1) is 12.1 Å². The zero-order valence-electron chi connectivity index (χ0n) is 13.6. The Balaban J connectivity index is 2.21. The molecule has 2 atom stereocenters. The Labute approximate surface area is 127 Å². The third-order valence-corrected chi connectivity index (χ3v) is 4.08. The first-order valence-corrected chi connectivity index (χ1v) is 8.05. The monoisotopic (exact) mass is 292 g/mol. The van der Waals surface area contributed by atoms with Gasteiger partial charge in [-0.05, 0) is 31.6 Å². The molecule has 1 heterocycles. The summed E-state index contributed by atoms with van der Waals surface area (Å²) in [5.41, 5.74) is 1.17. The van der Waals surface area contributed by atoms with Gasteiger partial charge in [0, 0.05) is 19.2 Å². The van der Waals surface area contributed by atoms with Crippen molar-refractivity contribution >= 4 is 11.6 Å². The molecule has 2 rings (SSSR count). The lowest BCUT2D eigenvalue weighted by molar-refractivity contribution is 0.101. The van der Waals surface area contributed by atoms with Gasteiger partial charge >= 0.3 is 0 Å². The first-order valence-electron chi connectivity index (χ1n) is 8.05. The quantitative estimate of drug-likeness (QED) is 0.806. The van der Waals surface area contributed by atoms with E-state index in [9.17, 15) is 0 Å². The predicted molar refractivity (Wildman–Crippen MR) is 87.0 cm³/mol. The van der Waals surface area contributed by atoms with Crippen LogP contribution in [0.3, 0.4) is 0 Å². The number of methoxy groups -OCH3 is 1. The maximum absolute atomic E-state index is 5.57. The molecule has 0 bridgehead atoms. The average molecular weight is 292 g/mol. The first-order chi connectivity index (χ1) is 10.2. The summed E-state index contributed by atoms with van der Waals surface area (Å²) in [5, 5.41) is 7.00. The normalized spacial score (nSPS) is 21.8. The smallest absolute Gasteiger partial charge is 0.135 e. The van der Waals surface area contributed by atoms with Crippen molar-refractivity contribution < 1.29 is 4.74 Å². The summed E-state index contributed by atoms with van der Waals surface area (Å²) in [7, 11) is 1.79. The van der Waals surface area contributed by atoms with Crippen molar-refractivity contribution in [3.8, 4) is 0 Å². The minimum atomic E-state index is 0.284. The molecule has 1 aromatic heterocycles. The molecule has 1 aliphatic rings. The van der Waals surface area contributed by atoms with Crippen LogP contribution in [0.25, 0.3) is 0 Å². The van der Waals surface area contributed by atoms with E-state index in [4.69, 9.17) is 4.74 Å². The lowest BCUT2D eigenvalue weighted by atomic mass is 10.0. The van der Waals surface area contributed by atoms with Crippen LogP contribution in [-0.2, 0) is 4.74 Å². The van der Waals surface area contributed by atoms with E-state index < -0.39 is 0 Å². The van der Waals surface area contributed by atoms with Crippen LogP contribution < -0.4 is 10.6 Å². The summed E-state index contributed by atoms with van der Waals surface area (Å²) in [6, 6.07) is 0.349. The maximum Gasteiger partial charge on any atom is 0.135 e. The lowest BCUT2D eigenvalue weighted by Gasteiger charge is -2.24. The van der Waals surface area contributed by atoms with Gasteiger partial charge in [-0.1, -0.05) is 20.8 Å². The van der Waals surface area contributed by atoms with E-state index in [1.807, 2.05) is 0 Å². The largest absolute Gasteiger partial charge is 0.379 e. The Morgan fingerprint density at radius 1 is 1.29 bits per heavy atom. The van der Waals surface area contributed by atoms with E-state index in [1.165, 1.54) is 12.0 Å². The fraction of sp³-hybridized carbons (Fsp3) is 0.750. The van der Waals surface area contributed by atoms with Crippen LogP contribution in [0.15, 0.2) is 6.33 Å². The second-order valence-electron chi connectivity index (χ2n) is 6.02. The number of anilines is 2. The van der Waals surface area contributed by atoms with Gasteiger partial charge in [0.15, 0.2) is 0 Å². The van der Waals surface area contributed by atoms with Gasteiger partial charge in [-0.25, -0.2) is 9.97 Å². The minimum absolute atomic E-state index is 0.284. The molecule has 118 valence electrons. The topological polar surface area (TPSA) is 59.1 Å². The maximum atomic E-state index is 5.57. The number of aromatic nitrogens is 2. The molecule has 5 heteroatoms. The summed E-state index contributed by atoms with van der Waals surface area (Å²) in [6.07, 6.45) is 6.47. The Bertz CT molecular complexity index is 450. The number of hydrogen-bond donors (Lipinski definition) is 2. The molecule has 1 aliphatic carbocycles. The fourth-order valence-corrected chi connectivity index (χ4v) is 2.99. The van der Waals surface area contributed by atoms with Crippen LogP contribution in [0.1, 0.15) is 57.9 Å². The van der Waals surface area contributed by atoms with Gasteiger partial charge in [-0.15, -0.1) is 0 Å². The second kappa shape index (κ2) is 7.59. The van der Waals surface area contributed by atoms with E-state index in [0.717, 1.165) is 37.4 Å². The highest BCUT2D eigenvalue weighted by Gasteiger charge is 2.28. The van der Waals surface area contributed by atoms with Crippen molar-refractivity contribution in [1.82, 2.24) is 9.97 Å². The van der Waals surface area contributed by atoms with Crippen molar-refractivity contribution in [1.29, 1.82) is 0 Å². The lowest BCUT2D eigenvalue weighted by Crippen LogP contribution is -2.31. The molecule has 1 saturated carbocycles. The molecule has 0 aromatic carbocycles. The second-order valence-corrected chi connectivity index (χ2v) is 6.02. The number of hydrogen-bond acceptors (Lipinski definition) is 5. The molecule has 0 saturated heterocycles. The van der Waals surface area contributed by atoms with Gasteiger partial charge in [-0.2, -0.15) is 0 Å². The van der Waals surface area contributed by atoms with Gasteiger partial charge < -0.3 is 15.4 Å². The van der Waals surface area contributed by atoms with Crippen LogP contribution in [0.4, 0.5) is 11.6 Å². The summed E-state index contributed by atoms with van der Waals surface area (Å²) < 4.78 is 5.57. The number of rotatable bonds is 7. The van der Waals surface area contributed by atoms with E-state index in [0.29, 0.717) is 12.0 Å². The van der Waals surface area contributed by atoms with E-state index in [-0.39, 0.29) is 6.10 Å². The number of nitrogens with one attached hydrogen (secondary N) is 2. The Morgan fingerprint density at radius 3 is 2.71 bits per heavy atom. The summed E-state index contributed by atoms with van der Waals surface area (Å²) in [5.74, 6) is 2.28. The zero-order valence-corrected chi connectivity index (χ0v) is 13.6. The molecular formula is C16H28N4O. The molecule has 1 fully saturated rings. The fourth-order valence-electron chi connectivity index (χ4n) is 2.99. The molecule has 2 unspecified atom stereocenters. The molecule has 0 aliphatic heterocycles. The van der Waals surface area contributed by atoms with Crippen LogP contribution >= 0.6 is 0 Å². The van der Waals surface area contributed by atoms with Crippen LogP contribution in [0, 0.1) is 0 Å². The number of nitrogens with zero attached hydrogens (tertiary/aromatic N) is 2. The Hall–Kier alpha value is -1.36. The van der Waals surface area contributed by atoms with Gasteiger partial charge in [-0.3, -0.25) is 0 Å². The van der Waals surface area contributed by atoms with E-state index in [1.54, 1.807) is 13.4 Å². The van der Waals surface area contributed by atoms with E-state index >= 15 is 0 Å². The van der Waals surface area contributed by atoms with Gasteiger partial charge in [0.25, 0.3) is 0 Å². The molecule has 2 N–H and O–H groups in total. The number of ether oxygens (including phenoxy) is 1. The van der Waals surface area contributed by atoms with Gasteiger partial charge in [0.2, 0.25) is 0 Å². The molecule has 21 heavy (non-hydrogen) atoms. The Morgan fingerprint density at radius 2 is 2.05 bits per heavy atom. The third kappa shape index (κ3) is 3.84. The summed E-state index contributed by atoms with van der Waals surface area (Å²) in [4.78, 5) is 8.90. The highest BCUT2D eigenvalue weighted by atomic mass is 16.5. The summed E-state index contributed by atoms with van der Waals surface area (Å²) >= 11 is 0. The highest BCUT2D eigenvalue weighted by Crippen LogP contribution is 2.31. The van der Waals surface area contributed by atoms with Crippen molar-refractivity contribution in [3.63, 3.8) is 0 Å². The highest BCUT2D eigenvalue weighted by molar-refractivity contribution is 5.59. The molecule has 1 aromatic rings. The third-order valence-electron chi connectivity index (χ3n) is 4.08. The predicted octanol–water partition coefficient (Wildman–Crippen LogP) is 3.40. The molecule has 0 spiro atoms. The molecular weight excluding hydrogens is 264 g/mol. The van der Waals surface area contributed by atoms with Gasteiger partial charge in [0.1, 0.15) is 18.0 Å². The molecule has 5 nitrogen and oxygen atoms in total. The van der Waals surface area contributed by atoms with Crippen molar-refractivity contribution in [3.05, 3.63) is 11.9 Å². The van der Waals surface area contributed by atoms with E-state index in [2.05, 4.69) is 41.4 Å². The standard InChI is InChI=1S/C16H28N4O/c1-5-9-17-15-14(11(2)3)16(19-10-18-15)20-12-7-6-8-13(12)21-4/h10-13H,5-9H2,1-4H3,(H2,17,18,19,20). The Kier molecular flexibility index (Phi) is 5.79. The van der Waals surface area contributed by atoms with Crippen LogP contribution in [-0.4, -0.2) is 35.8 Å². The minimum Gasteiger partial charge on any atom is -0.379 e. The first kappa shape index (κ1) is 16.0. The van der Waals surface area contributed by atoms with Crippen LogP contribution in [0.2, 0.25) is 0 Å². The summed E-state index contributed by atoms with van der Waals surface area (Å²) in [6.45, 7) is 7.46. The van der Waals surface area contributed by atoms with Crippen molar-refractivity contribution in [2.75, 3.05) is 24.3 Å². The zero-order chi connectivity index (χ0) is 15.2. The van der Waals surface area contributed by atoms with Crippen LogP contribution in [0.5, 0.6) is 0 Å².